The zero-order chi connectivity index (χ0) is 18.8. The first-order valence-corrected chi connectivity index (χ1v) is 8.78. The molecule has 2 N–H and O–H groups in total. The van der Waals surface area contributed by atoms with Crippen LogP contribution in [0.3, 0.4) is 0 Å². The van der Waals surface area contributed by atoms with Gasteiger partial charge in [-0.2, -0.15) is 0 Å². The number of carbonyl (C=O) groups is 2. The van der Waals surface area contributed by atoms with Crippen molar-refractivity contribution >= 4 is 12.2 Å². The highest BCUT2D eigenvalue weighted by Crippen LogP contribution is 2.29. The van der Waals surface area contributed by atoms with Crippen LogP contribution in [0.15, 0.2) is 0 Å². The number of nitrogens with one attached hydrogen (secondary N) is 2. The van der Waals surface area contributed by atoms with Crippen LogP contribution in [0.2, 0.25) is 0 Å². The van der Waals surface area contributed by atoms with Gasteiger partial charge < -0.3 is 14.2 Å². The number of amides is 2. The lowest BCUT2D eigenvalue weighted by Gasteiger charge is -2.48. The van der Waals surface area contributed by atoms with E-state index in [0.29, 0.717) is 26.1 Å². The van der Waals surface area contributed by atoms with Crippen LogP contribution in [0.1, 0.15) is 54.4 Å². The Labute approximate surface area is 149 Å². The topological polar surface area (TPSA) is 89.1 Å². The summed E-state index contributed by atoms with van der Waals surface area (Å²) in [6.07, 6.45) is 0.532. The molecule has 8 heteroatoms. The van der Waals surface area contributed by atoms with Gasteiger partial charge >= 0.3 is 12.2 Å². The summed E-state index contributed by atoms with van der Waals surface area (Å²) in [6.45, 7) is 12.0. The lowest BCUT2D eigenvalue weighted by Crippen LogP contribution is -2.64. The second kappa shape index (κ2) is 7.37. The number of hydrogen-bond donors (Lipinski definition) is 2. The maximum absolute atomic E-state index is 12.5. The Morgan fingerprint density at radius 3 is 1.96 bits per heavy atom. The molecule has 0 aromatic rings. The third-order valence-electron chi connectivity index (χ3n) is 3.90. The summed E-state index contributed by atoms with van der Waals surface area (Å²) in [5, 5.41) is 0. The highest BCUT2D eigenvalue weighted by molar-refractivity contribution is 5.69. The summed E-state index contributed by atoms with van der Waals surface area (Å²) in [4.78, 5) is 26.1. The Bertz CT molecular complexity index is 483. The molecule has 2 unspecified atom stereocenters. The number of morpholine rings is 1. The molecule has 0 saturated carbocycles. The minimum atomic E-state index is -0.545. The molecular weight excluding hydrogens is 326 g/mol. The van der Waals surface area contributed by atoms with Gasteiger partial charge in [-0.3, -0.25) is 10.3 Å². The number of hydrazine groups is 1. The smallest absolute Gasteiger partial charge is 0.422 e. The number of piperidine rings is 1. The first kappa shape index (κ1) is 19.8. The molecule has 2 heterocycles. The maximum Gasteiger partial charge on any atom is 0.422 e. The Morgan fingerprint density at radius 1 is 0.960 bits per heavy atom. The van der Waals surface area contributed by atoms with Crippen LogP contribution in [-0.4, -0.2) is 59.6 Å². The molecule has 25 heavy (non-hydrogen) atoms. The zero-order valence-electron chi connectivity index (χ0n) is 16.0. The van der Waals surface area contributed by atoms with E-state index in [9.17, 15) is 9.59 Å². The van der Waals surface area contributed by atoms with E-state index < -0.39 is 17.3 Å². The normalized spacial score (nSPS) is 26.8. The van der Waals surface area contributed by atoms with Crippen molar-refractivity contribution in [1.29, 1.82) is 0 Å². The van der Waals surface area contributed by atoms with Crippen molar-refractivity contribution in [3.8, 4) is 0 Å². The molecule has 2 aliphatic rings. The van der Waals surface area contributed by atoms with E-state index >= 15 is 0 Å². The molecule has 2 aliphatic heterocycles. The molecule has 0 aliphatic carbocycles. The van der Waals surface area contributed by atoms with Crippen LogP contribution >= 0.6 is 0 Å². The van der Waals surface area contributed by atoms with Crippen molar-refractivity contribution in [1.82, 2.24) is 15.8 Å². The molecule has 2 rings (SSSR count). The fourth-order valence-electron chi connectivity index (χ4n) is 3.11. The van der Waals surface area contributed by atoms with Gasteiger partial charge in [-0.05, 0) is 54.4 Å². The number of fused-ring (bicyclic) bond motifs is 2. The number of hydrogen-bond acceptors (Lipinski definition) is 6. The minimum absolute atomic E-state index is 0.0464. The molecule has 0 aromatic heterocycles. The molecule has 2 atom stereocenters. The third kappa shape index (κ3) is 6.04. The average Bonchev–Trinajstić information content (AvgIpc) is 2.40. The van der Waals surface area contributed by atoms with Crippen molar-refractivity contribution < 1.29 is 23.8 Å². The summed E-state index contributed by atoms with van der Waals surface area (Å²) in [7, 11) is 0. The second-order valence-corrected chi connectivity index (χ2v) is 8.67. The largest absolute Gasteiger partial charge is 0.444 e. The van der Waals surface area contributed by atoms with Gasteiger partial charge in [0.05, 0.1) is 25.3 Å². The van der Waals surface area contributed by atoms with E-state index in [1.807, 2.05) is 41.5 Å². The number of ether oxygens (including phenoxy) is 3. The van der Waals surface area contributed by atoms with E-state index in [-0.39, 0.29) is 24.2 Å². The van der Waals surface area contributed by atoms with Crippen LogP contribution < -0.4 is 10.9 Å². The van der Waals surface area contributed by atoms with Crippen LogP contribution in [0.25, 0.3) is 0 Å². The minimum Gasteiger partial charge on any atom is -0.444 e. The summed E-state index contributed by atoms with van der Waals surface area (Å²) < 4.78 is 16.3. The van der Waals surface area contributed by atoms with Gasteiger partial charge in [-0.15, -0.1) is 0 Å². The first-order valence-electron chi connectivity index (χ1n) is 8.78. The lowest BCUT2D eigenvalue weighted by atomic mass is 9.91. The molecular formula is C17H31N3O5. The molecule has 0 radical (unpaired) electrons. The number of carbonyl (C=O) groups excluding carboxylic acids is 2. The summed E-state index contributed by atoms with van der Waals surface area (Å²) in [5.41, 5.74) is 4.54. The molecule has 2 bridgehead atoms. The van der Waals surface area contributed by atoms with Crippen LogP contribution in [0.4, 0.5) is 9.59 Å². The molecule has 2 amide bonds. The summed E-state index contributed by atoms with van der Waals surface area (Å²) in [5.74, 6) is 0. The fourth-order valence-corrected chi connectivity index (χ4v) is 3.11. The van der Waals surface area contributed by atoms with Crippen molar-refractivity contribution in [2.45, 2.75) is 83.7 Å². The lowest BCUT2D eigenvalue weighted by molar-refractivity contribution is -0.0852. The van der Waals surface area contributed by atoms with Gasteiger partial charge in [0.15, 0.2) is 0 Å². The van der Waals surface area contributed by atoms with Crippen molar-refractivity contribution in [2.75, 3.05) is 13.2 Å². The summed E-state index contributed by atoms with van der Waals surface area (Å²) in [6, 6.07) is -0.0920. The van der Waals surface area contributed by atoms with Gasteiger partial charge in [-0.25, -0.2) is 15.0 Å². The molecule has 8 nitrogen and oxygen atoms in total. The van der Waals surface area contributed by atoms with Gasteiger partial charge in [0.2, 0.25) is 0 Å². The summed E-state index contributed by atoms with van der Waals surface area (Å²) >= 11 is 0. The van der Waals surface area contributed by atoms with Crippen molar-refractivity contribution in [3.63, 3.8) is 0 Å². The predicted octanol–water partition coefficient (Wildman–Crippen LogP) is 2.18. The Hall–Kier alpha value is -1.54. The van der Waals surface area contributed by atoms with Crippen molar-refractivity contribution in [2.24, 2.45) is 0 Å². The zero-order valence-corrected chi connectivity index (χ0v) is 16.0. The molecule has 0 aromatic carbocycles. The molecule has 0 spiro atoms. The molecule has 2 saturated heterocycles. The standard InChI is InChI=1S/C17H31N3O5/c1-16(2,3)24-14(21)19-18-11-7-12-9-23-10-13(8-11)20(12)15(22)25-17(4,5)6/h11-13,18H,7-10H2,1-6H3,(H,19,21). The average molecular weight is 357 g/mol. The quantitative estimate of drug-likeness (QED) is 0.737. The number of nitrogens with zero attached hydrogens (tertiary/aromatic N) is 1. The van der Waals surface area contributed by atoms with Gasteiger partial charge in [0.1, 0.15) is 11.2 Å². The van der Waals surface area contributed by atoms with Crippen molar-refractivity contribution in [3.05, 3.63) is 0 Å². The molecule has 144 valence electrons. The van der Waals surface area contributed by atoms with E-state index in [2.05, 4.69) is 10.9 Å². The number of rotatable bonds is 2. The van der Waals surface area contributed by atoms with Crippen LogP contribution in [-0.2, 0) is 14.2 Å². The predicted molar refractivity (Wildman–Crippen MR) is 92.0 cm³/mol. The van der Waals surface area contributed by atoms with E-state index in [1.165, 1.54) is 0 Å². The van der Waals surface area contributed by atoms with Crippen LogP contribution in [0, 0.1) is 0 Å². The Morgan fingerprint density at radius 2 is 1.48 bits per heavy atom. The second-order valence-electron chi connectivity index (χ2n) is 8.67. The maximum atomic E-state index is 12.5. The highest BCUT2D eigenvalue weighted by Gasteiger charge is 2.43. The highest BCUT2D eigenvalue weighted by atomic mass is 16.6. The van der Waals surface area contributed by atoms with E-state index in [4.69, 9.17) is 14.2 Å². The van der Waals surface area contributed by atoms with E-state index in [1.54, 1.807) is 4.90 Å². The van der Waals surface area contributed by atoms with E-state index in [0.717, 1.165) is 0 Å². The monoisotopic (exact) mass is 357 g/mol. The van der Waals surface area contributed by atoms with Crippen LogP contribution in [0.5, 0.6) is 0 Å². The van der Waals surface area contributed by atoms with Gasteiger partial charge in [0.25, 0.3) is 0 Å². The van der Waals surface area contributed by atoms with Gasteiger partial charge in [0, 0.05) is 6.04 Å². The Kier molecular flexibility index (Phi) is 5.83. The first-order chi connectivity index (χ1) is 11.4. The Balaban J connectivity index is 1.90. The SMILES string of the molecule is CC(C)(C)OC(=O)NNC1CC2COCC(C1)N2C(=O)OC(C)(C)C. The molecule has 2 fully saturated rings. The van der Waals surface area contributed by atoms with Gasteiger partial charge in [-0.1, -0.05) is 0 Å². The fraction of sp³-hybridized carbons (Fsp3) is 0.882. The third-order valence-corrected chi connectivity index (χ3v) is 3.90.